The molecule has 0 saturated heterocycles. The van der Waals surface area contributed by atoms with Crippen LogP contribution < -0.4 is 0 Å². The van der Waals surface area contributed by atoms with Gasteiger partial charge in [-0.25, -0.2) is 4.79 Å². The Bertz CT molecular complexity index is 455. The van der Waals surface area contributed by atoms with E-state index in [9.17, 15) is 14.4 Å². The Morgan fingerprint density at radius 3 is 1.95 bits per heavy atom. The summed E-state index contributed by atoms with van der Waals surface area (Å²) in [6, 6.07) is 0. The number of hydrogen-bond donors (Lipinski definition) is 0. The summed E-state index contributed by atoms with van der Waals surface area (Å²) in [7, 11) is 3.46. The van der Waals surface area contributed by atoms with Gasteiger partial charge in [0.15, 0.2) is 5.41 Å². The predicted molar refractivity (Wildman–Crippen MR) is 73.6 cm³/mol. The van der Waals surface area contributed by atoms with E-state index in [2.05, 4.69) is 48.6 Å². The standard InChI is InChI=1S/C13H15BrO6/c1-9(14)8-13(11(16)19-3,12(17)20-4)7-5-6-10(15)18-2/h1,7-8H2,2-4H3. The fraction of sp³-hybridized carbons (Fsp3) is 0.462. The number of ether oxygens (including phenoxy) is 3. The Labute approximate surface area is 125 Å². The van der Waals surface area contributed by atoms with Gasteiger partial charge in [-0.15, -0.1) is 0 Å². The Morgan fingerprint density at radius 2 is 1.60 bits per heavy atom. The van der Waals surface area contributed by atoms with Crippen molar-refractivity contribution < 1.29 is 28.6 Å². The molecule has 0 aliphatic rings. The molecule has 0 unspecified atom stereocenters. The summed E-state index contributed by atoms with van der Waals surface area (Å²) in [5.74, 6) is 2.17. The molecule has 0 saturated carbocycles. The molecule has 0 bridgehead atoms. The number of carbonyl (C=O) groups is 3. The molecule has 6 nitrogen and oxygen atoms in total. The second-order valence-electron chi connectivity index (χ2n) is 3.73. The van der Waals surface area contributed by atoms with Crippen LogP contribution in [0.25, 0.3) is 0 Å². The van der Waals surface area contributed by atoms with E-state index in [1.165, 1.54) is 7.11 Å². The lowest BCUT2D eigenvalue weighted by Crippen LogP contribution is -2.41. The largest absolute Gasteiger partial charge is 0.468 e. The highest BCUT2D eigenvalue weighted by molar-refractivity contribution is 9.11. The summed E-state index contributed by atoms with van der Waals surface area (Å²) in [6.07, 6.45) is -0.325. The quantitative estimate of drug-likeness (QED) is 0.244. The topological polar surface area (TPSA) is 78.9 Å². The van der Waals surface area contributed by atoms with E-state index in [1.807, 2.05) is 0 Å². The zero-order chi connectivity index (χ0) is 15.8. The van der Waals surface area contributed by atoms with Crippen LogP contribution in [0.2, 0.25) is 0 Å². The zero-order valence-corrected chi connectivity index (χ0v) is 13.0. The van der Waals surface area contributed by atoms with E-state index in [4.69, 9.17) is 0 Å². The van der Waals surface area contributed by atoms with Crippen molar-refractivity contribution >= 4 is 33.8 Å². The maximum absolute atomic E-state index is 11.9. The van der Waals surface area contributed by atoms with Crippen molar-refractivity contribution in [2.24, 2.45) is 5.41 Å². The molecule has 0 amide bonds. The molecule has 0 N–H and O–H groups in total. The molecule has 0 aromatic carbocycles. The second kappa shape index (κ2) is 8.38. The monoisotopic (exact) mass is 346 g/mol. The summed E-state index contributed by atoms with van der Waals surface area (Å²) in [5.41, 5.74) is -1.68. The number of carbonyl (C=O) groups excluding carboxylic acids is 3. The van der Waals surface area contributed by atoms with Gasteiger partial charge in [-0.3, -0.25) is 9.59 Å². The van der Waals surface area contributed by atoms with Gasteiger partial charge in [0.2, 0.25) is 0 Å². The molecule has 0 atom stereocenters. The van der Waals surface area contributed by atoms with Crippen molar-refractivity contribution in [3.63, 3.8) is 0 Å². The van der Waals surface area contributed by atoms with Gasteiger partial charge in [0, 0.05) is 18.8 Å². The minimum Gasteiger partial charge on any atom is -0.468 e. The van der Waals surface area contributed by atoms with E-state index < -0.39 is 23.3 Å². The van der Waals surface area contributed by atoms with Gasteiger partial charge in [-0.1, -0.05) is 28.4 Å². The fourth-order valence-corrected chi connectivity index (χ4v) is 1.95. The molecule has 7 heteroatoms. The lowest BCUT2D eigenvalue weighted by molar-refractivity contribution is -0.168. The average Bonchev–Trinajstić information content (AvgIpc) is 2.43. The zero-order valence-electron chi connectivity index (χ0n) is 11.4. The van der Waals surface area contributed by atoms with Crippen molar-refractivity contribution in [3.05, 3.63) is 11.1 Å². The van der Waals surface area contributed by atoms with Gasteiger partial charge in [-0.2, -0.15) is 0 Å². The van der Waals surface area contributed by atoms with Gasteiger partial charge in [0.05, 0.1) is 21.3 Å². The molecule has 0 heterocycles. The highest BCUT2D eigenvalue weighted by Gasteiger charge is 2.48. The molecule has 0 aliphatic heterocycles. The third-order valence-corrected chi connectivity index (χ3v) is 2.69. The van der Waals surface area contributed by atoms with E-state index in [-0.39, 0.29) is 12.8 Å². The first kappa shape index (κ1) is 18.2. The van der Waals surface area contributed by atoms with Crippen molar-refractivity contribution in [1.29, 1.82) is 0 Å². The highest BCUT2D eigenvalue weighted by atomic mass is 79.9. The third kappa shape index (κ3) is 4.70. The summed E-state index contributed by atoms with van der Waals surface area (Å²) in [4.78, 5) is 34.8. The van der Waals surface area contributed by atoms with E-state index >= 15 is 0 Å². The number of allylic oxidation sites excluding steroid dienone is 1. The fourth-order valence-electron chi connectivity index (χ4n) is 1.47. The van der Waals surface area contributed by atoms with E-state index in [1.54, 1.807) is 0 Å². The molecule has 0 aromatic heterocycles. The maximum Gasteiger partial charge on any atom is 0.384 e. The maximum atomic E-state index is 11.9. The molecule has 0 aromatic rings. The van der Waals surface area contributed by atoms with Crippen LogP contribution in [0.4, 0.5) is 0 Å². The summed E-state index contributed by atoms with van der Waals surface area (Å²) in [6.45, 7) is 3.59. The van der Waals surface area contributed by atoms with Crippen LogP contribution in [0.1, 0.15) is 12.8 Å². The van der Waals surface area contributed by atoms with Gasteiger partial charge in [0.1, 0.15) is 0 Å². The number of hydrogen-bond acceptors (Lipinski definition) is 6. The van der Waals surface area contributed by atoms with Crippen molar-refractivity contribution in [2.75, 3.05) is 21.3 Å². The normalized spacial score (nSPS) is 9.80. The van der Waals surface area contributed by atoms with Crippen LogP contribution in [0.5, 0.6) is 0 Å². The molecular formula is C13H15BrO6. The Hall–Kier alpha value is -1.81. The lowest BCUT2D eigenvalue weighted by Gasteiger charge is -2.25. The molecule has 110 valence electrons. The summed E-state index contributed by atoms with van der Waals surface area (Å²) >= 11 is 3.09. The predicted octanol–water partition coefficient (Wildman–Crippen LogP) is 1.18. The summed E-state index contributed by atoms with van der Waals surface area (Å²) < 4.78 is 14.0. The van der Waals surface area contributed by atoms with E-state index in [0.717, 1.165) is 14.2 Å². The van der Waals surface area contributed by atoms with Crippen LogP contribution >= 0.6 is 15.9 Å². The Morgan fingerprint density at radius 1 is 1.10 bits per heavy atom. The molecule has 0 fully saturated rings. The second-order valence-corrected chi connectivity index (χ2v) is 4.85. The van der Waals surface area contributed by atoms with Crippen LogP contribution in [0.15, 0.2) is 11.1 Å². The molecule has 0 radical (unpaired) electrons. The van der Waals surface area contributed by atoms with Crippen molar-refractivity contribution in [1.82, 2.24) is 0 Å². The third-order valence-electron chi connectivity index (χ3n) is 2.41. The number of methoxy groups -OCH3 is 3. The van der Waals surface area contributed by atoms with Gasteiger partial charge in [-0.05, 0) is 4.48 Å². The van der Waals surface area contributed by atoms with Crippen LogP contribution in [-0.4, -0.2) is 39.2 Å². The SMILES string of the molecule is C=C(Br)CC(CC#CC(=O)OC)(C(=O)OC)C(=O)OC. The molecule has 0 rings (SSSR count). The first-order valence-corrected chi connectivity index (χ1v) is 6.20. The first-order valence-electron chi connectivity index (χ1n) is 5.41. The van der Waals surface area contributed by atoms with Crippen LogP contribution in [0.3, 0.4) is 0 Å². The highest BCUT2D eigenvalue weighted by Crippen LogP contribution is 2.34. The van der Waals surface area contributed by atoms with E-state index in [0.29, 0.717) is 4.48 Å². The van der Waals surface area contributed by atoms with Crippen molar-refractivity contribution in [3.8, 4) is 11.8 Å². The summed E-state index contributed by atoms with van der Waals surface area (Å²) in [5, 5.41) is 0. The van der Waals surface area contributed by atoms with Crippen LogP contribution in [-0.2, 0) is 28.6 Å². The van der Waals surface area contributed by atoms with Gasteiger partial charge < -0.3 is 14.2 Å². The van der Waals surface area contributed by atoms with Crippen LogP contribution in [0, 0.1) is 17.3 Å². The molecule has 0 spiro atoms. The lowest BCUT2D eigenvalue weighted by atomic mass is 9.81. The smallest absolute Gasteiger partial charge is 0.384 e. The molecule has 0 aliphatic carbocycles. The number of rotatable bonds is 5. The minimum atomic E-state index is -1.68. The first-order chi connectivity index (χ1) is 9.33. The minimum absolute atomic E-state index is 0.0673. The van der Waals surface area contributed by atoms with Gasteiger partial charge >= 0.3 is 17.9 Å². The molecule has 20 heavy (non-hydrogen) atoms. The Kier molecular flexibility index (Phi) is 7.62. The number of esters is 3. The molecular weight excluding hydrogens is 332 g/mol. The average molecular weight is 347 g/mol. The van der Waals surface area contributed by atoms with Crippen molar-refractivity contribution in [2.45, 2.75) is 12.8 Å². The van der Waals surface area contributed by atoms with Gasteiger partial charge in [0.25, 0.3) is 0 Å². The Balaban J connectivity index is 5.53. The number of halogens is 1.